The zero-order chi connectivity index (χ0) is 15.1. The number of benzene rings is 1. The summed E-state index contributed by atoms with van der Waals surface area (Å²) in [7, 11) is 1.64. The van der Waals surface area contributed by atoms with Crippen LogP contribution in [0.1, 0.15) is 18.9 Å². The molecule has 4 nitrogen and oxygen atoms in total. The van der Waals surface area contributed by atoms with E-state index >= 15 is 0 Å². The molecular weight excluding hydrogens is 268 g/mol. The van der Waals surface area contributed by atoms with Crippen LogP contribution in [0.25, 0.3) is 0 Å². The van der Waals surface area contributed by atoms with Crippen LogP contribution in [0.15, 0.2) is 48.6 Å². The molecule has 1 aromatic carbocycles. The second kappa shape index (κ2) is 7.64. The van der Waals surface area contributed by atoms with E-state index in [-0.39, 0.29) is 18.2 Å². The SMILES string of the molecule is CC/C=C/[C@H]1OC(=O)C=C[C@H]1OCc1ccc(OC)cc1. The first-order chi connectivity index (χ1) is 10.2. The molecule has 21 heavy (non-hydrogen) atoms. The maximum Gasteiger partial charge on any atom is 0.331 e. The number of methoxy groups -OCH3 is 1. The molecule has 0 aromatic heterocycles. The Bertz CT molecular complexity index is 516. The summed E-state index contributed by atoms with van der Waals surface area (Å²) in [5.41, 5.74) is 1.04. The van der Waals surface area contributed by atoms with Gasteiger partial charge in [0.15, 0.2) is 0 Å². The monoisotopic (exact) mass is 288 g/mol. The molecule has 0 saturated heterocycles. The number of esters is 1. The van der Waals surface area contributed by atoms with Crippen molar-refractivity contribution >= 4 is 5.97 Å². The summed E-state index contributed by atoms with van der Waals surface area (Å²) in [6, 6.07) is 7.69. The summed E-state index contributed by atoms with van der Waals surface area (Å²) in [6.45, 7) is 2.48. The predicted molar refractivity (Wildman–Crippen MR) is 80.0 cm³/mol. The Labute approximate surface area is 125 Å². The second-order valence-electron chi connectivity index (χ2n) is 4.72. The summed E-state index contributed by atoms with van der Waals surface area (Å²) in [5, 5.41) is 0. The van der Waals surface area contributed by atoms with Gasteiger partial charge in [-0.25, -0.2) is 4.79 Å². The zero-order valence-electron chi connectivity index (χ0n) is 12.3. The topological polar surface area (TPSA) is 44.8 Å². The highest BCUT2D eigenvalue weighted by atomic mass is 16.6. The average molecular weight is 288 g/mol. The number of ether oxygens (including phenoxy) is 3. The van der Waals surface area contributed by atoms with Gasteiger partial charge in [0.1, 0.15) is 18.0 Å². The van der Waals surface area contributed by atoms with E-state index in [1.807, 2.05) is 43.3 Å². The molecule has 1 heterocycles. The molecule has 112 valence electrons. The lowest BCUT2D eigenvalue weighted by atomic mass is 10.1. The van der Waals surface area contributed by atoms with Gasteiger partial charge in [-0.15, -0.1) is 0 Å². The van der Waals surface area contributed by atoms with Gasteiger partial charge >= 0.3 is 5.97 Å². The highest BCUT2D eigenvalue weighted by molar-refractivity contribution is 5.83. The molecule has 0 N–H and O–H groups in total. The van der Waals surface area contributed by atoms with E-state index in [4.69, 9.17) is 14.2 Å². The van der Waals surface area contributed by atoms with Gasteiger partial charge in [0, 0.05) is 6.08 Å². The Morgan fingerprint density at radius 2 is 2.05 bits per heavy atom. The molecular formula is C17H20O4. The molecule has 0 amide bonds. The fraction of sp³-hybridized carbons (Fsp3) is 0.353. The molecule has 0 saturated carbocycles. The third-order valence-electron chi connectivity index (χ3n) is 3.16. The van der Waals surface area contributed by atoms with Crippen molar-refractivity contribution in [2.75, 3.05) is 7.11 Å². The highest BCUT2D eigenvalue weighted by Crippen LogP contribution is 2.17. The number of carbonyl (C=O) groups is 1. The van der Waals surface area contributed by atoms with Gasteiger partial charge < -0.3 is 14.2 Å². The van der Waals surface area contributed by atoms with Gasteiger partial charge in [0.25, 0.3) is 0 Å². The van der Waals surface area contributed by atoms with E-state index in [1.165, 1.54) is 6.08 Å². The number of hydrogen-bond acceptors (Lipinski definition) is 4. The number of rotatable bonds is 6. The molecule has 2 rings (SSSR count). The first-order valence-electron chi connectivity index (χ1n) is 7.03. The van der Waals surface area contributed by atoms with Crippen LogP contribution in [0.4, 0.5) is 0 Å². The molecule has 0 fully saturated rings. The lowest BCUT2D eigenvalue weighted by molar-refractivity contribution is -0.148. The molecule has 0 aliphatic carbocycles. The van der Waals surface area contributed by atoms with Gasteiger partial charge in [0.2, 0.25) is 0 Å². The second-order valence-corrected chi connectivity index (χ2v) is 4.72. The molecule has 1 aliphatic heterocycles. The summed E-state index contributed by atoms with van der Waals surface area (Å²) in [6.07, 6.45) is 7.28. The van der Waals surface area contributed by atoms with Crippen molar-refractivity contribution < 1.29 is 19.0 Å². The smallest absolute Gasteiger partial charge is 0.331 e. The average Bonchev–Trinajstić information content (AvgIpc) is 2.52. The Morgan fingerprint density at radius 3 is 2.71 bits per heavy atom. The fourth-order valence-electron chi connectivity index (χ4n) is 2.01. The van der Waals surface area contributed by atoms with E-state index < -0.39 is 0 Å². The Hall–Kier alpha value is -2.07. The van der Waals surface area contributed by atoms with E-state index in [0.717, 1.165) is 17.7 Å². The van der Waals surface area contributed by atoms with Crippen LogP contribution in [0.5, 0.6) is 5.75 Å². The molecule has 1 aliphatic rings. The number of allylic oxidation sites excluding steroid dienone is 1. The Kier molecular flexibility index (Phi) is 5.58. The summed E-state index contributed by atoms with van der Waals surface area (Å²) >= 11 is 0. The number of hydrogen-bond donors (Lipinski definition) is 0. The molecule has 2 atom stereocenters. The quantitative estimate of drug-likeness (QED) is 0.596. The maximum absolute atomic E-state index is 11.3. The minimum Gasteiger partial charge on any atom is -0.497 e. The van der Waals surface area contributed by atoms with Gasteiger partial charge in [-0.05, 0) is 36.3 Å². The van der Waals surface area contributed by atoms with E-state index in [9.17, 15) is 4.79 Å². The van der Waals surface area contributed by atoms with Crippen LogP contribution in [0, 0.1) is 0 Å². The van der Waals surface area contributed by atoms with Crippen molar-refractivity contribution in [3.05, 3.63) is 54.1 Å². The van der Waals surface area contributed by atoms with E-state index in [1.54, 1.807) is 13.2 Å². The molecule has 0 radical (unpaired) electrons. The number of carbonyl (C=O) groups excluding carboxylic acids is 1. The van der Waals surface area contributed by atoms with Crippen LogP contribution in [0.3, 0.4) is 0 Å². The Balaban J connectivity index is 1.97. The van der Waals surface area contributed by atoms with Gasteiger partial charge in [-0.2, -0.15) is 0 Å². The van der Waals surface area contributed by atoms with Crippen LogP contribution < -0.4 is 4.74 Å². The Morgan fingerprint density at radius 1 is 1.29 bits per heavy atom. The zero-order valence-corrected chi connectivity index (χ0v) is 12.3. The van der Waals surface area contributed by atoms with Crippen LogP contribution in [-0.4, -0.2) is 25.3 Å². The van der Waals surface area contributed by atoms with Crippen LogP contribution >= 0.6 is 0 Å². The van der Waals surface area contributed by atoms with Crippen molar-refractivity contribution in [1.29, 1.82) is 0 Å². The first kappa shape index (κ1) is 15.3. The molecule has 0 spiro atoms. The first-order valence-corrected chi connectivity index (χ1v) is 7.03. The van der Waals surface area contributed by atoms with E-state index in [2.05, 4.69) is 0 Å². The largest absolute Gasteiger partial charge is 0.497 e. The molecule has 0 unspecified atom stereocenters. The maximum atomic E-state index is 11.3. The van der Waals surface area contributed by atoms with Crippen molar-refractivity contribution in [1.82, 2.24) is 0 Å². The fourth-order valence-corrected chi connectivity index (χ4v) is 2.01. The molecule has 0 bridgehead atoms. The standard InChI is InChI=1S/C17H20O4/c1-3-4-5-16-15(10-11-17(18)21-16)20-12-13-6-8-14(19-2)9-7-13/h4-11,15-16H,3,12H2,1-2H3/b5-4+/t15-,16-/m1/s1. The van der Waals surface area contributed by atoms with Gasteiger partial charge in [-0.1, -0.05) is 25.1 Å². The van der Waals surface area contributed by atoms with Crippen molar-refractivity contribution in [2.24, 2.45) is 0 Å². The van der Waals surface area contributed by atoms with E-state index in [0.29, 0.717) is 6.61 Å². The highest BCUT2D eigenvalue weighted by Gasteiger charge is 2.25. The van der Waals surface area contributed by atoms with Crippen molar-refractivity contribution in [2.45, 2.75) is 32.2 Å². The van der Waals surface area contributed by atoms with Crippen LogP contribution in [-0.2, 0) is 20.9 Å². The third-order valence-corrected chi connectivity index (χ3v) is 3.16. The molecule has 1 aromatic rings. The lowest BCUT2D eigenvalue weighted by Crippen LogP contribution is -2.33. The summed E-state index contributed by atoms with van der Waals surface area (Å²) < 4.78 is 16.2. The summed E-state index contributed by atoms with van der Waals surface area (Å²) in [4.78, 5) is 11.3. The van der Waals surface area contributed by atoms with Crippen molar-refractivity contribution in [3.63, 3.8) is 0 Å². The summed E-state index contributed by atoms with van der Waals surface area (Å²) in [5.74, 6) is 0.485. The lowest BCUT2D eigenvalue weighted by Gasteiger charge is -2.25. The predicted octanol–water partition coefficient (Wildman–Crippen LogP) is 3.03. The van der Waals surface area contributed by atoms with Crippen molar-refractivity contribution in [3.8, 4) is 5.75 Å². The van der Waals surface area contributed by atoms with Crippen LogP contribution in [0.2, 0.25) is 0 Å². The van der Waals surface area contributed by atoms with Gasteiger partial charge in [-0.3, -0.25) is 0 Å². The minimum atomic E-state index is -0.360. The minimum absolute atomic E-state index is 0.257. The number of cyclic esters (lactones) is 1. The normalized spacial score (nSPS) is 21.5. The van der Waals surface area contributed by atoms with Gasteiger partial charge in [0.05, 0.1) is 13.7 Å². The third kappa shape index (κ3) is 4.46. The molecule has 4 heteroatoms.